The summed E-state index contributed by atoms with van der Waals surface area (Å²) in [5.41, 5.74) is 4.74. The molecule has 0 aliphatic heterocycles. The van der Waals surface area contributed by atoms with Crippen molar-refractivity contribution in [2.24, 2.45) is 0 Å². The highest BCUT2D eigenvalue weighted by Crippen LogP contribution is 2.23. The quantitative estimate of drug-likeness (QED) is 0.170. The van der Waals surface area contributed by atoms with Crippen LogP contribution in [-0.2, 0) is 19.3 Å². The predicted octanol–water partition coefficient (Wildman–Crippen LogP) is 8.50. The molecule has 4 aromatic carbocycles. The Bertz CT molecular complexity index is 1350. The van der Waals surface area contributed by atoms with Gasteiger partial charge in [-0.15, -0.1) is 0 Å². The van der Waals surface area contributed by atoms with E-state index in [1.165, 1.54) is 48.1 Å². The first-order valence-electron chi connectivity index (χ1n) is 12.4. The summed E-state index contributed by atoms with van der Waals surface area (Å²) in [4.78, 5) is 0. The summed E-state index contributed by atoms with van der Waals surface area (Å²) >= 11 is 0. The van der Waals surface area contributed by atoms with Crippen LogP contribution in [0.2, 0.25) is 0 Å². The lowest BCUT2D eigenvalue weighted by Gasteiger charge is -2.07. The molecule has 36 heavy (non-hydrogen) atoms. The van der Waals surface area contributed by atoms with Gasteiger partial charge < -0.3 is 4.74 Å². The maximum atomic E-state index is 15.1. The standard InChI is InChI=1S/C32H29F3O/c1-2-3-4-5-23-6-8-24(9-7-23)10-11-26-15-21-30-28(22-26)18-17-27(31(30)33)16-12-25-13-19-29(20-14-25)36-32(34)35/h6-9,13-15,17-22,32H,2-5,10-11H2,1H3. The van der Waals surface area contributed by atoms with Crippen LogP contribution in [0.15, 0.2) is 78.9 Å². The van der Waals surface area contributed by atoms with Crippen LogP contribution in [0, 0.1) is 17.7 Å². The minimum Gasteiger partial charge on any atom is -0.435 e. The summed E-state index contributed by atoms with van der Waals surface area (Å²) in [5, 5.41) is 1.37. The number of alkyl halides is 2. The van der Waals surface area contributed by atoms with E-state index in [0.29, 0.717) is 16.5 Å². The van der Waals surface area contributed by atoms with Crippen molar-refractivity contribution in [1.82, 2.24) is 0 Å². The minimum atomic E-state index is -2.87. The van der Waals surface area contributed by atoms with E-state index in [1.54, 1.807) is 18.2 Å². The molecule has 0 bridgehead atoms. The van der Waals surface area contributed by atoms with Crippen LogP contribution in [0.1, 0.15) is 54.0 Å². The zero-order valence-corrected chi connectivity index (χ0v) is 20.4. The Balaban J connectivity index is 1.41. The number of rotatable bonds is 9. The Morgan fingerprint density at radius 1 is 0.722 bits per heavy atom. The second-order valence-electron chi connectivity index (χ2n) is 8.91. The number of halogens is 3. The predicted molar refractivity (Wildman–Crippen MR) is 140 cm³/mol. The van der Waals surface area contributed by atoms with E-state index in [-0.39, 0.29) is 11.6 Å². The van der Waals surface area contributed by atoms with Crippen molar-refractivity contribution in [3.63, 3.8) is 0 Å². The largest absolute Gasteiger partial charge is 0.435 e. The van der Waals surface area contributed by atoms with Gasteiger partial charge in [0, 0.05) is 10.9 Å². The first-order valence-corrected chi connectivity index (χ1v) is 12.4. The van der Waals surface area contributed by atoms with Crippen molar-refractivity contribution >= 4 is 10.8 Å². The first kappa shape index (κ1) is 25.4. The number of hydrogen-bond donors (Lipinski definition) is 0. The van der Waals surface area contributed by atoms with Crippen molar-refractivity contribution in [2.45, 2.75) is 52.1 Å². The molecule has 0 fully saturated rings. The molecule has 0 aliphatic carbocycles. The maximum Gasteiger partial charge on any atom is 0.387 e. The lowest BCUT2D eigenvalue weighted by Crippen LogP contribution is -2.01. The van der Waals surface area contributed by atoms with E-state index in [9.17, 15) is 8.78 Å². The van der Waals surface area contributed by atoms with Crippen LogP contribution in [-0.4, -0.2) is 6.61 Å². The summed E-state index contributed by atoms with van der Waals surface area (Å²) < 4.78 is 44.0. The molecule has 1 nitrogen and oxygen atoms in total. The van der Waals surface area contributed by atoms with Crippen molar-refractivity contribution in [1.29, 1.82) is 0 Å². The second kappa shape index (κ2) is 12.3. The molecule has 0 atom stereocenters. The molecule has 0 spiro atoms. The monoisotopic (exact) mass is 486 g/mol. The Labute approximate surface area is 210 Å². The fraction of sp³-hybridized carbons (Fsp3) is 0.250. The molecule has 0 saturated heterocycles. The molecule has 0 saturated carbocycles. The maximum absolute atomic E-state index is 15.1. The SMILES string of the molecule is CCCCCc1ccc(CCc2ccc3c(F)c(C#Cc4ccc(OC(F)F)cc4)ccc3c2)cc1. The molecule has 0 N–H and O–H groups in total. The third-order valence-corrected chi connectivity index (χ3v) is 6.23. The van der Waals surface area contributed by atoms with Gasteiger partial charge in [-0.25, -0.2) is 4.39 Å². The van der Waals surface area contributed by atoms with Gasteiger partial charge in [-0.05, 0) is 78.1 Å². The van der Waals surface area contributed by atoms with Crippen molar-refractivity contribution < 1.29 is 17.9 Å². The van der Waals surface area contributed by atoms with Gasteiger partial charge in [-0.1, -0.05) is 80.1 Å². The topological polar surface area (TPSA) is 9.23 Å². The van der Waals surface area contributed by atoms with Crippen molar-refractivity contribution in [3.8, 4) is 17.6 Å². The molecule has 0 radical (unpaired) electrons. The average Bonchev–Trinajstić information content (AvgIpc) is 2.88. The van der Waals surface area contributed by atoms with E-state index >= 15 is 4.39 Å². The molecule has 0 heterocycles. The molecule has 4 heteroatoms. The summed E-state index contributed by atoms with van der Waals surface area (Å²) in [6.45, 7) is -0.654. The smallest absolute Gasteiger partial charge is 0.387 e. The van der Waals surface area contributed by atoms with Crippen molar-refractivity contribution in [3.05, 3.63) is 112 Å². The van der Waals surface area contributed by atoms with Crippen molar-refractivity contribution in [2.75, 3.05) is 0 Å². The molecule has 0 amide bonds. The highest BCUT2D eigenvalue weighted by atomic mass is 19.3. The molecule has 0 aromatic heterocycles. The van der Waals surface area contributed by atoms with Crippen LogP contribution >= 0.6 is 0 Å². The molecular weight excluding hydrogens is 457 g/mol. The van der Waals surface area contributed by atoms with E-state index in [1.807, 2.05) is 24.3 Å². The summed E-state index contributed by atoms with van der Waals surface area (Å²) in [6.07, 6.45) is 6.71. The van der Waals surface area contributed by atoms with Crippen LogP contribution in [0.5, 0.6) is 5.75 Å². The first-order chi connectivity index (χ1) is 17.5. The van der Waals surface area contributed by atoms with Crippen LogP contribution < -0.4 is 4.74 Å². The highest BCUT2D eigenvalue weighted by molar-refractivity contribution is 5.85. The Morgan fingerprint density at radius 3 is 2.08 bits per heavy atom. The molecule has 4 rings (SSSR count). The van der Waals surface area contributed by atoms with Gasteiger partial charge in [-0.2, -0.15) is 8.78 Å². The second-order valence-corrected chi connectivity index (χ2v) is 8.91. The van der Waals surface area contributed by atoms with Gasteiger partial charge in [0.05, 0.1) is 5.56 Å². The number of hydrogen-bond acceptors (Lipinski definition) is 1. The van der Waals surface area contributed by atoms with Gasteiger partial charge in [0.2, 0.25) is 0 Å². The number of aryl methyl sites for hydroxylation is 3. The third-order valence-electron chi connectivity index (χ3n) is 6.23. The Kier molecular flexibility index (Phi) is 8.68. The van der Waals surface area contributed by atoms with E-state index in [4.69, 9.17) is 0 Å². The number of benzene rings is 4. The fourth-order valence-electron chi connectivity index (χ4n) is 4.19. The molecule has 184 valence electrons. The normalized spacial score (nSPS) is 10.9. The van der Waals surface area contributed by atoms with E-state index in [2.05, 4.69) is 47.8 Å². The van der Waals surface area contributed by atoms with Gasteiger partial charge >= 0.3 is 6.61 Å². The molecule has 4 aromatic rings. The highest BCUT2D eigenvalue weighted by Gasteiger charge is 2.07. The van der Waals surface area contributed by atoms with E-state index in [0.717, 1.165) is 24.6 Å². The minimum absolute atomic E-state index is 0.0580. The summed E-state index contributed by atoms with van der Waals surface area (Å²) in [5.74, 6) is 5.43. The zero-order chi connectivity index (χ0) is 25.3. The van der Waals surface area contributed by atoms with Crippen LogP contribution in [0.25, 0.3) is 10.8 Å². The van der Waals surface area contributed by atoms with Gasteiger partial charge in [0.1, 0.15) is 11.6 Å². The Hall–Kier alpha value is -3.71. The molecular formula is C32H29F3O. The van der Waals surface area contributed by atoms with Gasteiger partial charge in [0.15, 0.2) is 0 Å². The number of ether oxygens (including phenoxy) is 1. The number of unbranched alkanes of at least 4 members (excludes halogenated alkanes) is 2. The van der Waals surface area contributed by atoms with Gasteiger partial charge in [-0.3, -0.25) is 0 Å². The Morgan fingerprint density at radius 2 is 1.39 bits per heavy atom. The summed E-state index contributed by atoms with van der Waals surface area (Å²) in [7, 11) is 0. The lowest BCUT2D eigenvalue weighted by molar-refractivity contribution is -0.0498. The molecule has 0 aliphatic rings. The fourth-order valence-corrected chi connectivity index (χ4v) is 4.19. The third kappa shape index (κ3) is 6.92. The zero-order valence-electron chi connectivity index (χ0n) is 20.4. The summed E-state index contributed by atoms with van der Waals surface area (Å²) in [6, 6.07) is 24.2. The van der Waals surface area contributed by atoms with Crippen LogP contribution in [0.3, 0.4) is 0 Å². The van der Waals surface area contributed by atoms with E-state index < -0.39 is 6.61 Å². The van der Waals surface area contributed by atoms with Gasteiger partial charge in [0.25, 0.3) is 0 Å². The lowest BCUT2D eigenvalue weighted by atomic mass is 9.98. The van der Waals surface area contributed by atoms with Crippen LogP contribution in [0.4, 0.5) is 13.2 Å². The molecule has 0 unspecified atom stereocenters. The average molecular weight is 487 g/mol. The number of fused-ring (bicyclic) bond motifs is 1.